The van der Waals surface area contributed by atoms with Gasteiger partial charge in [0.05, 0.1) is 12.0 Å². The molecule has 1 saturated heterocycles. The second kappa shape index (κ2) is 6.25. The molecule has 144 valence electrons. The van der Waals surface area contributed by atoms with Gasteiger partial charge in [-0.2, -0.15) is 0 Å². The van der Waals surface area contributed by atoms with Crippen molar-refractivity contribution in [2.45, 2.75) is 37.6 Å². The average molecular weight is 398 g/mol. The molecule has 2 fully saturated rings. The van der Waals surface area contributed by atoms with E-state index >= 15 is 0 Å². The Bertz CT molecular complexity index is 1040. The van der Waals surface area contributed by atoms with E-state index in [1.807, 2.05) is 12.1 Å². The molecule has 2 aromatic rings. The Kier molecular flexibility index (Phi) is 3.92. The van der Waals surface area contributed by atoms with Gasteiger partial charge < -0.3 is 14.6 Å². The Hall–Kier alpha value is -2.52. The van der Waals surface area contributed by atoms with Gasteiger partial charge >= 0.3 is 0 Å². The summed E-state index contributed by atoms with van der Waals surface area (Å²) < 4.78 is 5.88. The van der Waals surface area contributed by atoms with E-state index in [4.69, 9.17) is 16.0 Å². The Morgan fingerprint density at radius 1 is 1.39 bits per heavy atom. The van der Waals surface area contributed by atoms with Crippen LogP contribution in [0.2, 0.25) is 5.02 Å². The van der Waals surface area contributed by atoms with E-state index in [1.54, 1.807) is 18.0 Å². The number of likely N-dealkylation sites (tertiary alicyclic amines) is 1. The van der Waals surface area contributed by atoms with Crippen molar-refractivity contribution in [1.29, 1.82) is 0 Å². The highest BCUT2D eigenvalue weighted by Gasteiger charge is 2.49. The third-order valence-electron chi connectivity index (χ3n) is 6.12. The molecular formula is C21H20ClN3O3. The molecule has 2 heterocycles. The fourth-order valence-corrected chi connectivity index (χ4v) is 4.74. The lowest BCUT2D eigenvalue weighted by Gasteiger charge is -2.41. The van der Waals surface area contributed by atoms with Crippen molar-refractivity contribution in [2.24, 2.45) is 11.3 Å². The average Bonchev–Trinajstić information content (AvgIpc) is 3.31. The number of carbonyl (C=O) groups excluding carboxylic acids is 2. The number of hydrogen-bond donors (Lipinski definition) is 1. The predicted molar refractivity (Wildman–Crippen MR) is 103 cm³/mol. The number of nitrogens with zero attached hydrogens (tertiary/aromatic N) is 2. The Balaban J connectivity index is 1.19. The first-order chi connectivity index (χ1) is 13.4. The third kappa shape index (κ3) is 2.94. The molecule has 2 atom stereocenters. The minimum Gasteiger partial charge on any atom is -0.440 e. The largest absolute Gasteiger partial charge is 0.440 e. The first-order valence-corrected chi connectivity index (χ1v) is 9.92. The van der Waals surface area contributed by atoms with Gasteiger partial charge in [-0.05, 0) is 37.5 Å². The molecule has 0 bridgehead atoms. The van der Waals surface area contributed by atoms with Gasteiger partial charge in [0.2, 0.25) is 11.8 Å². The fraction of sp³-hybridized carbons (Fsp3) is 0.476. The van der Waals surface area contributed by atoms with Crippen molar-refractivity contribution in [1.82, 2.24) is 15.2 Å². The van der Waals surface area contributed by atoms with Crippen molar-refractivity contribution >= 4 is 34.5 Å². The molecule has 1 aromatic carbocycles. The molecule has 2 aliphatic carbocycles. The lowest BCUT2D eigenvalue weighted by molar-refractivity contribution is -0.128. The summed E-state index contributed by atoms with van der Waals surface area (Å²) in [5.41, 5.74) is 1.46. The van der Waals surface area contributed by atoms with Crippen LogP contribution in [0.1, 0.15) is 37.5 Å². The maximum absolute atomic E-state index is 12.4. The van der Waals surface area contributed by atoms with Gasteiger partial charge in [0.25, 0.3) is 0 Å². The van der Waals surface area contributed by atoms with E-state index in [1.165, 1.54) is 0 Å². The molecule has 1 aromatic heterocycles. The maximum atomic E-state index is 12.4. The van der Waals surface area contributed by atoms with Crippen LogP contribution < -0.4 is 5.32 Å². The van der Waals surface area contributed by atoms with E-state index in [0.717, 1.165) is 36.3 Å². The monoisotopic (exact) mass is 397 g/mol. The van der Waals surface area contributed by atoms with E-state index in [2.05, 4.69) is 22.1 Å². The van der Waals surface area contributed by atoms with Gasteiger partial charge in [-0.25, -0.2) is 4.98 Å². The normalized spacial score (nSPS) is 31.1. The maximum Gasteiger partial charge on any atom is 0.226 e. The van der Waals surface area contributed by atoms with E-state index in [-0.39, 0.29) is 41.5 Å². The SMILES string of the molecule is CN1C[C@@H](C(=O)N[C@H]2C#C[C@]3(C2)C[C@@H](c2nc4cc(Cl)ccc4o2)C3)CC1=O. The van der Waals surface area contributed by atoms with Crippen LogP contribution in [-0.2, 0) is 9.59 Å². The summed E-state index contributed by atoms with van der Waals surface area (Å²) in [6.45, 7) is 0.486. The molecule has 5 rings (SSSR count). The Morgan fingerprint density at radius 3 is 2.96 bits per heavy atom. The molecule has 1 aliphatic heterocycles. The number of benzene rings is 1. The number of fused-ring (bicyclic) bond motifs is 1. The standard InChI is InChI=1S/C21H20ClN3O3/c1-25-11-12(6-18(25)26)19(27)23-15-4-5-21(10-15)8-13(9-21)20-24-16-7-14(22)2-3-17(16)28-20/h2-3,7,12-13,15H,6,8-11H2,1H3,(H,23,27)/t12-,13-,15-,21+/m0/s1. The number of halogens is 1. The molecule has 0 radical (unpaired) electrons. The van der Waals surface area contributed by atoms with Crippen LogP contribution in [0.15, 0.2) is 22.6 Å². The molecule has 2 amide bonds. The smallest absolute Gasteiger partial charge is 0.226 e. The molecule has 28 heavy (non-hydrogen) atoms. The van der Waals surface area contributed by atoms with Crippen LogP contribution in [0, 0.1) is 23.2 Å². The zero-order valence-electron chi connectivity index (χ0n) is 15.5. The number of rotatable bonds is 3. The summed E-state index contributed by atoms with van der Waals surface area (Å²) in [7, 11) is 1.73. The number of carbonyl (C=O) groups is 2. The highest BCUT2D eigenvalue weighted by atomic mass is 35.5. The van der Waals surface area contributed by atoms with Crippen LogP contribution in [-0.4, -0.2) is 41.3 Å². The van der Waals surface area contributed by atoms with E-state index in [9.17, 15) is 9.59 Å². The van der Waals surface area contributed by atoms with Crippen molar-refractivity contribution in [3.8, 4) is 11.8 Å². The Morgan fingerprint density at radius 2 is 2.21 bits per heavy atom. The van der Waals surface area contributed by atoms with Gasteiger partial charge in [0.1, 0.15) is 5.52 Å². The molecule has 0 unspecified atom stereocenters. The fourth-order valence-electron chi connectivity index (χ4n) is 4.57. The lowest BCUT2D eigenvalue weighted by atomic mass is 9.61. The molecule has 6 nitrogen and oxygen atoms in total. The predicted octanol–water partition coefficient (Wildman–Crippen LogP) is 2.72. The summed E-state index contributed by atoms with van der Waals surface area (Å²) >= 11 is 6.02. The number of amides is 2. The van der Waals surface area contributed by atoms with E-state index in [0.29, 0.717) is 11.6 Å². The zero-order valence-corrected chi connectivity index (χ0v) is 16.3. The van der Waals surface area contributed by atoms with Crippen LogP contribution in [0.4, 0.5) is 0 Å². The van der Waals surface area contributed by atoms with Gasteiger partial charge in [0.15, 0.2) is 11.5 Å². The molecule has 3 aliphatic rings. The van der Waals surface area contributed by atoms with Crippen molar-refractivity contribution < 1.29 is 14.0 Å². The summed E-state index contributed by atoms with van der Waals surface area (Å²) in [6, 6.07) is 5.31. The zero-order chi connectivity index (χ0) is 19.5. The lowest BCUT2D eigenvalue weighted by Crippen LogP contribution is -2.42. The first-order valence-electron chi connectivity index (χ1n) is 9.54. The summed E-state index contributed by atoms with van der Waals surface area (Å²) in [4.78, 5) is 30.2. The van der Waals surface area contributed by atoms with Gasteiger partial charge in [-0.3, -0.25) is 9.59 Å². The second-order valence-electron chi connectivity index (χ2n) is 8.26. The molecule has 1 saturated carbocycles. The molecular weight excluding hydrogens is 378 g/mol. The summed E-state index contributed by atoms with van der Waals surface area (Å²) in [5, 5.41) is 3.67. The van der Waals surface area contributed by atoms with Crippen molar-refractivity contribution in [3.05, 3.63) is 29.1 Å². The van der Waals surface area contributed by atoms with Gasteiger partial charge in [0, 0.05) is 36.4 Å². The highest BCUT2D eigenvalue weighted by Crippen LogP contribution is 2.55. The molecule has 1 N–H and O–H groups in total. The Labute approximate surface area is 167 Å². The van der Waals surface area contributed by atoms with Crippen LogP contribution in [0.5, 0.6) is 0 Å². The minimum absolute atomic E-state index is 0.0237. The number of aromatic nitrogens is 1. The van der Waals surface area contributed by atoms with Crippen LogP contribution in [0.25, 0.3) is 11.1 Å². The van der Waals surface area contributed by atoms with Crippen molar-refractivity contribution in [2.75, 3.05) is 13.6 Å². The number of oxazole rings is 1. The summed E-state index contributed by atoms with van der Waals surface area (Å²) in [5.74, 6) is 7.20. The number of hydrogen-bond acceptors (Lipinski definition) is 4. The second-order valence-corrected chi connectivity index (χ2v) is 8.70. The first kappa shape index (κ1) is 17.6. The third-order valence-corrected chi connectivity index (χ3v) is 6.36. The quantitative estimate of drug-likeness (QED) is 0.808. The van der Waals surface area contributed by atoms with Gasteiger partial charge in [-0.15, -0.1) is 0 Å². The van der Waals surface area contributed by atoms with E-state index < -0.39 is 0 Å². The van der Waals surface area contributed by atoms with Crippen LogP contribution >= 0.6 is 11.6 Å². The van der Waals surface area contributed by atoms with Gasteiger partial charge in [-0.1, -0.05) is 23.4 Å². The minimum atomic E-state index is -0.267. The van der Waals surface area contributed by atoms with Crippen molar-refractivity contribution in [3.63, 3.8) is 0 Å². The van der Waals surface area contributed by atoms with Crippen LogP contribution in [0.3, 0.4) is 0 Å². The molecule has 7 heteroatoms. The highest BCUT2D eigenvalue weighted by molar-refractivity contribution is 6.31. The number of nitrogens with one attached hydrogen (secondary N) is 1. The summed E-state index contributed by atoms with van der Waals surface area (Å²) in [6.07, 6.45) is 2.85. The topological polar surface area (TPSA) is 75.4 Å². The molecule has 1 spiro atoms.